The number of phenolic OH excluding ortho intramolecular Hbond substituents is 1. The number of esters is 1. The zero-order chi connectivity index (χ0) is 16.8. The molecule has 0 spiro atoms. The molecule has 0 unspecified atom stereocenters. The van der Waals surface area contributed by atoms with E-state index in [2.05, 4.69) is 0 Å². The predicted octanol–water partition coefficient (Wildman–Crippen LogP) is 2.99. The molecule has 120 valence electrons. The number of benzene rings is 2. The van der Waals surface area contributed by atoms with Gasteiger partial charge in [0.05, 0.1) is 5.56 Å². The monoisotopic (exact) mass is 313 g/mol. The summed E-state index contributed by atoms with van der Waals surface area (Å²) < 4.78 is 5.22. The van der Waals surface area contributed by atoms with E-state index in [1.54, 1.807) is 11.0 Å². The molecule has 0 fully saturated rings. The van der Waals surface area contributed by atoms with Gasteiger partial charge < -0.3 is 14.7 Å². The van der Waals surface area contributed by atoms with E-state index in [1.165, 1.54) is 25.1 Å². The molecule has 0 saturated heterocycles. The van der Waals surface area contributed by atoms with E-state index in [9.17, 15) is 14.7 Å². The Kier molecular flexibility index (Phi) is 5.36. The van der Waals surface area contributed by atoms with E-state index in [0.29, 0.717) is 6.54 Å². The average Bonchev–Trinajstić information content (AvgIpc) is 2.56. The molecule has 0 aliphatic carbocycles. The molecule has 0 aromatic heterocycles. The van der Waals surface area contributed by atoms with Crippen LogP contribution in [0.2, 0.25) is 0 Å². The molecule has 1 atom stereocenters. The maximum atomic E-state index is 12.5. The smallest absolute Gasteiger partial charge is 0.339 e. The van der Waals surface area contributed by atoms with Crippen LogP contribution in [-0.4, -0.2) is 29.6 Å². The van der Waals surface area contributed by atoms with Crippen LogP contribution in [0.5, 0.6) is 5.75 Å². The molecule has 0 aliphatic rings. The number of phenols is 1. The molecule has 1 N–H and O–H groups in total. The molecule has 5 heteroatoms. The number of anilines is 1. The van der Waals surface area contributed by atoms with Crippen molar-refractivity contribution in [3.63, 3.8) is 0 Å². The first kappa shape index (κ1) is 16.5. The maximum absolute atomic E-state index is 12.5. The van der Waals surface area contributed by atoms with Gasteiger partial charge in [0.1, 0.15) is 5.75 Å². The second-order valence-electron chi connectivity index (χ2n) is 5.02. The summed E-state index contributed by atoms with van der Waals surface area (Å²) >= 11 is 0. The number of hydrogen-bond acceptors (Lipinski definition) is 4. The normalized spacial score (nSPS) is 11.6. The number of nitrogens with zero attached hydrogens (tertiary/aromatic N) is 1. The SMILES string of the molecule is CCN(C(=O)[C@@H](C)OC(=O)c1cccc(O)c1)c1ccccc1. The predicted molar refractivity (Wildman–Crippen MR) is 87.5 cm³/mol. The minimum absolute atomic E-state index is 0.0297. The van der Waals surface area contributed by atoms with E-state index in [1.807, 2.05) is 37.3 Å². The average molecular weight is 313 g/mol. The van der Waals surface area contributed by atoms with E-state index >= 15 is 0 Å². The number of para-hydroxylation sites is 1. The van der Waals surface area contributed by atoms with Crippen molar-refractivity contribution in [3.05, 3.63) is 60.2 Å². The first-order valence-corrected chi connectivity index (χ1v) is 7.39. The molecule has 2 rings (SSSR count). The van der Waals surface area contributed by atoms with Gasteiger partial charge in [-0.1, -0.05) is 24.3 Å². The lowest BCUT2D eigenvalue weighted by Crippen LogP contribution is -2.40. The molecule has 0 bridgehead atoms. The molecule has 2 aromatic carbocycles. The van der Waals surface area contributed by atoms with Gasteiger partial charge in [-0.3, -0.25) is 4.79 Å². The molecular weight excluding hydrogens is 294 g/mol. The fourth-order valence-corrected chi connectivity index (χ4v) is 2.20. The minimum Gasteiger partial charge on any atom is -0.508 e. The molecule has 5 nitrogen and oxygen atoms in total. The number of aromatic hydroxyl groups is 1. The Morgan fingerprint density at radius 3 is 2.43 bits per heavy atom. The Balaban J connectivity index is 2.08. The summed E-state index contributed by atoms with van der Waals surface area (Å²) in [5, 5.41) is 9.40. The summed E-state index contributed by atoms with van der Waals surface area (Å²) in [5.74, 6) is -0.976. The van der Waals surface area contributed by atoms with Gasteiger partial charge >= 0.3 is 5.97 Å². The third-order valence-electron chi connectivity index (χ3n) is 3.36. The summed E-state index contributed by atoms with van der Waals surface area (Å²) in [6, 6.07) is 15.0. The molecule has 0 heterocycles. The van der Waals surface area contributed by atoms with Gasteiger partial charge in [0.25, 0.3) is 5.91 Å². The molecular formula is C18H19NO4. The number of carbonyl (C=O) groups excluding carboxylic acids is 2. The molecule has 2 aromatic rings. The molecule has 1 amide bonds. The van der Waals surface area contributed by atoms with Gasteiger partial charge in [-0.05, 0) is 44.2 Å². The van der Waals surface area contributed by atoms with Crippen LogP contribution in [-0.2, 0) is 9.53 Å². The lowest BCUT2D eigenvalue weighted by Gasteiger charge is -2.24. The van der Waals surface area contributed by atoms with E-state index < -0.39 is 12.1 Å². The lowest BCUT2D eigenvalue weighted by atomic mass is 10.2. The maximum Gasteiger partial charge on any atom is 0.339 e. The van der Waals surface area contributed by atoms with Crippen molar-refractivity contribution in [2.45, 2.75) is 20.0 Å². The Morgan fingerprint density at radius 1 is 1.13 bits per heavy atom. The first-order valence-electron chi connectivity index (χ1n) is 7.39. The molecule has 0 saturated carbocycles. The van der Waals surface area contributed by atoms with Crippen molar-refractivity contribution >= 4 is 17.6 Å². The van der Waals surface area contributed by atoms with Crippen LogP contribution in [0.4, 0.5) is 5.69 Å². The molecule has 23 heavy (non-hydrogen) atoms. The van der Waals surface area contributed by atoms with Gasteiger partial charge in [0.15, 0.2) is 6.10 Å². The Bertz CT molecular complexity index is 684. The van der Waals surface area contributed by atoms with Crippen LogP contribution >= 0.6 is 0 Å². The van der Waals surface area contributed by atoms with Crippen LogP contribution in [0.25, 0.3) is 0 Å². The Morgan fingerprint density at radius 2 is 1.83 bits per heavy atom. The second kappa shape index (κ2) is 7.45. The van der Waals surface area contributed by atoms with Crippen molar-refractivity contribution in [2.75, 3.05) is 11.4 Å². The minimum atomic E-state index is -0.926. The van der Waals surface area contributed by atoms with Crippen molar-refractivity contribution in [1.82, 2.24) is 0 Å². The first-order chi connectivity index (χ1) is 11.0. The lowest BCUT2D eigenvalue weighted by molar-refractivity contribution is -0.126. The van der Waals surface area contributed by atoms with Crippen LogP contribution in [0, 0.1) is 0 Å². The summed E-state index contributed by atoms with van der Waals surface area (Å²) in [6.07, 6.45) is -0.926. The zero-order valence-electron chi connectivity index (χ0n) is 13.1. The highest BCUT2D eigenvalue weighted by atomic mass is 16.5. The highest BCUT2D eigenvalue weighted by molar-refractivity contribution is 5.99. The van der Waals surface area contributed by atoms with E-state index in [4.69, 9.17) is 4.74 Å². The fourth-order valence-electron chi connectivity index (χ4n) is 2.20. The van der Waals surface area contributed by atoms with Crippen molar-refractivity contribution in [3.8, 4) is 5.75 Å². The number of likely N-dealkylation sites (N-methyl/N-ethyl adjacent to an activating group) is 1. The molecule has 0 aliphatic heterocycles. The zero-order valence-corrected chi connectivity index (χ0v) is 13.1. The Labute approximate surface area is 135 Å². The van der Waals surface area contributed by atoms with Crippen molar-refractivity contribution in [1.29, 1.82) is 0 Å². The quantitative estimate of drug-likeness (QED) is 0.862. The van der Waals surface area contributed by atoms with Crippen LogP contribution in [0.1, 0.15) is 24.2 Å². The highest BCUT2D eigenvalue weighted by Crippen LogP contribution is 2.17. The van der Waals surface area contributed by atoms with Crippen LogP contribution < -0.4 is 4.90 Å². The van der Waals surface area contributed by atoms with Crippen molar-refractivity contribution < 1.29 is 19.4 Å². The number of hydrogen-bond donors (Lipinski definition) is 1. The van der Waals surface area contributed by atoms with Crippen molar-refractivity contribution in [2.24, 2.45) is 0 Å². The van der Waals surface area contributed by atoms with Gasteiger partial charge in [-0.2, -0.15) is 0 Å². The third-order valence-corrected chi connectivity index (χ3v) is 3.36. The topological polar surface area (TPSA) is 66.8 Å². The summed E-state index contributed by atoms with van der Waals surface area (Å²) in [5.41, 5.74) is 0.952. The highest BCUT2D eigenvalue weighted by Gasteiger charge is 2.24. The second-order valence-corrected chi connectivity index (χ2v) is 5.02. The largest absolute Gasteiger partial charge is 0.508 e. The van der Waals surface area contributed by atoms with Gasteiger partial charge in [-0.15, -0.1) is 0 Å². The van der Waals surface area contributed by atoms with E-state index in [0.717, 1.165) is 5.69 Å². The number of amides is 1. The van der Waals surface area contributed by atoms with Crippen LogP contribution in [0.15, 0.2) is 54.6 Å². The van der Waals surface area contributed by atoms with E-state index in [-0.39, 0.29) is 17.2 Å². The summed E-state index contributed by atoms with van der Waals surface area (Å²) in [6.45, 7) is 3.86. The van der Waals surface area contributed by atoms with Crippen LogP contribution in [0.3, 0.4) is 0 Å². The number of carbonyl (C=O) groups is 2. The van der Waals surface area contributed by atoms with Gasteiger partial charge in [-0.25, -0.2) is 4.79 Å². The number of ether oxygens (including phenoxy) is 1. The molecule has 0 radical (unpaired) electrons. The number of rotatable bonds is 5. The van der Waals surface area contributed by atoms with Gasteiger partial charge in [0, 0.05) is 12.2 Å². The summed E-state index contributed by atoms with van der Waals surface area (Å²) in [4.78, 5) is 26.1. The Hall–Kier alpha value is -2.82. The fraction of sp³-hybridized carbons (Fsp3) is 0.222. The summed E-state index contributed by atoms with van der Waals surface area (Å²) in [7, 11) is 0. The third kappa shape index (κ3) is 4.10. The van der Waals surface area contributed by atoms with Gasteiger partial charge in [0.2, 0.25) is 0 Å². The standard InChI is InChI=1S/C18H19NO4/c1-3-19(15-9-5-4-6-10-15)17(21)13(2)23-18(22)14-8-7-11-16(20)12-14/h4-13,20H,3H2,1-2H3/t13-/m1/s1.